The van der Waals surface area contributed by atoms with Gasteiger partial charge in [0.1, 0.15) is 5.82 Å². The third kappa shape index (κ3) is 2.35. The minimum Gasteiger partial charge on any atom is -0.493 e. The molecule has 1 saturated carbocycles. The molecule has 0 saturated heterocycles. The Morgan fingerprint density at radius 3 is 2.48 bits per heavy atom. The van der Waals surface area contributed by atoms with Crippen molar-refractivity contribution < 1.29 is 9.47 Å². The Balaban J connectivity index is 2.16. The van der Waals surface area contributed by atoms with Crippen molar-refractivity contribution in [2.75, 3.05) is 14.2 Å². The van der Waals surface area contributed by atoms with E-state index in [0.717, 1.165) is 28.5 Å². The molecule has 21 heavy (non-hydrogen) atoms. The maximum atomic E-state index is 6.12. The molecule has 3 rings (SSSR count). The van der Waals surface area contributed by atoms with Gasteiger partial charge in [0.15, 0.2) is 11.5 Å². The van der Waals surface area contributed by atoms with E-state index in [1.165, 1.54) is 19.3 Å². The molecule has 0 N–H and O–H groups in total. The lowest BCUT2D eigenvalue weighted by Gasteiger charge is -2.33. The van der Waals surface area contributed by atoms with Crippen LogP contribution in [0.3, 0.4) is 0 Å². The van der Waals surface area contributed by atoms with Gasteiger partial charge in [-0.1, -0.05) is 6.42 Å². The molecular formula is C16H21ClN2O2. The van der Waals surface area contributed by atoms with Gasteiger partial charge in [-0.2, -0.15) is 0 Å². The highest BCUT2D eigenvalue weighted by atomic mass is 35.5. The lowest BCUT2D eigenvalue weighted by Crippen LogP contribution is -2.24. The molecule has 2 aromatic rings. The minimum atomic E-state index is 0.413. The molecule has 5 heteroatoms. The Hall–Kier alpha value is -1.42. The number of hydrogen-bond donors (Lipinski definition) is 0. The molecule has 1 aliphatic rings. The Labute approximate surface area is 130 Å². The molecular weight excluding hydrogens is 288 g/mol. The second kappa shape index (κ2) is 5.76. The molecule has 0 radical (unpaired) electrons. The van der Waals surface area contributed by atoms with Crippen molar-refractivity contribution in [3.8, 4) is 11.5 Å². The Kier molecular flexibility index (Phi) is 3.98. The molecule has 114 valence electrons. The van der Waals surface area contributed by atoms with Crippen LogP contribution in [0.1, 0.15) is 38.1 Å². The fourth-order valence-corrected chi connectivity index (χ4v) is 3.34. The van der Waals surface area contributed by atoms with Gasteiger partial charge in [0, 0.05) is 18.2 Å². The summed E-state index contributed by atoms with van der Waals surface area (Å²) >= 11 is 6.12. The zero-order valence-electron chi connectivity index (χ0n) is 12.7. The predicted molar refractivity (Wildman–Crippen MR) is 84.4 cm³/mol. The maximum absolute atomic E-state index is 6.12. The van der Waals surface area contributed by atoms with Gasteiger partial charge < -0.3 is 14.0 Å². The van der Waals surface area contributed by atoms with Gasteiger partial charge in [-0.15, -0.1) is 11.6 Å². The highest BCUT2D eigenvalue weighted by Crippen LogP contribution is 2.40. The number of hydrogen-bond acceptors (Lipinski definition) is 3. The summed E-state index contributed by atoms with van der Waals surface area (Å²) in [6.07, 6.45) is 3.90. The van der Waals surface area contributed by atoms with Crippen LogP contribution in [0.4, 0.5) is 0 Å². The van der Waals surface area contributed by atoms with Crippen LogP contribution in [0.15, 0.2) is 12.1 Å². The number of fused-ring (bicyclic) bond motifs is 1. The quantitative estimate of drug-likeness (QED) is 0.778. The Morgan fingerprint density at radius 1 is 1.29 bits per heavy atom. The monoisotopic (exact) mass is 308 g/mol. The molecule has 1 heterocycles. The third-order valence-corrected chi connectivity index (χ3v) is 4.87. The highest BCUT2D eigenvalue weighted by molar-refractivity contribution is 6.16. The largest absolute Gasteiger partial charge is 0.493 e. The van der Waals surface area contributed by atoms with Crippen LogP contribution in [-0.2, 0) is 5.88 Å². The molecule has 4 nitrogen and oxygen atoms in total. The number of imidazole rings is 1. The van der Waals surface area contributed by atoms with E-state index < -0.39 is 0 Å². The first-order chi connectivity index (χ1) is 10.2. The van der Waals surface area contributed by atoms with E-state index in [2.05, 4.69) is 16.5 Å². The Bertz CT molecular complexity index is 649. The number of methoxy groups -OCH3 is 2. The SMILES string of the molecule is COc1cc2nc(CCl)n(C(C)C3CCC3)c2cc1OC. The van der Waals surface area contributed by atoms with E-state index >= 15 is 0 Å². The van der Waals surface area contributed by atoms with Crippen molar-refractivity contribution in [1.82, 2.24) is 9.55 Å². The number of alkyl halides is 1. The zero-order chi connectivity index (χ0) is 15.0. The van der Waals surface area contributed by atoms with E-state index in [0.29, 0.717) is 17.7 Å². The standard InChI is InChI=1S/C16H21ClN2O2/c1-10(11-5-4-6-11)19-13-8-15(21-3)14(20-2)7-12(13)18-16(19)9-17/h7-8,10-11H,4-6,9H2,1-3H3. The van der Waals surface area contributed by atoms with Gasteiger partial charge in [-0.05, 0) is 25.7 Å². The van der Waals surface area contributed by atoms with Gasteiger partial charge in [-0.3, -0.25) is 0 Å². The van der Waals surface area contributed by atoms with Crippen molar-refractivity contribution in [3.63, 3.8) is 0 Å². The van der Waals surface area contributed by atoms with Crippen LogP contribution in [0, 0.1) is 5.92 Å². The first-order valence-corrected chi connectivity index (χ1v) is 7.91. The molecule has 1 aliphatic carbocycles. The molecule has 0 spiro atoms. The highest BCUT2D eigenvalue weighted by Gasteiger charge is 2.28. The van der Waals surface area contributed by atoms with Crippen molar-refractivity contribution in [1.29, 1.82) is 0 Å². The molecule has 1 unspecified atom stereocenters. The van der Waals surface area contributed by atoms with Crippen LogP contribution in [-0.4, -0.2) is 23.8 Å². The first-order valence-electron chi connectivity index (χ1n) is 7.38. The normalized spacial score (nSPS) is 16.8. The van der Waals surface area contributed by atoms with E-state index in [-0.39, 0.29) is 0 Å². The molecule has 0 amide bonds. The van der Waals surface area contributed by atoms with Gasteiger partial charge in [0.2, 0.25) is 0 Å². The second-order valence-electron chi connectivity index (χ2n) is 5.66. The van der Waals surface area contributed by atoms with E-state index in [9.17, 15) is 0 Å². The predicted octanol–water partition coefficient (Wildman–Crippen LogP) is 4.15. The summed E-state index contributed by atoms with van der Waals surface area (Å²) in [5, 5.41) is 0. The molecule has 1 aromatic heterocycles. The van der Waals surface area contributed by atoms with E-state index in [1.807, 2.05) is 12.1 Å². The van der Waals surface area contributed by atoms with Crippen molar-refractivity contribution in [2.45, 2.75) is 38.1 Å². The van der Waals surface area contributed by atoms with Crippen molar-refractivity contribution in [2.24, 2.45) is 5.92 Å². The number of rotatable bonds is 5. The third-order valence-electron chi connectivity index (χ3n) is 4.63. The number of aromatic nitrogens is 2. The molecule has 0 aliphatic heterocycles. The summed E-state index contributed by atoms with van der Waals surface area (Å²) in [5.41, 5.74) is 1.98. The topological polar surface area (TPSA) is 36.3 Å². The summed E-state index contributed by atoms with van der Waals surface area (Å²) in [4.78, 5) is 4.67. The summed E-state index contributed by atoms with van der Waals surface area (Å²) < 4.78 is 13.1. The average Bonchev–Trinajstić information content (AvgIpc) is 2.80. The number of halogens is 1. The van der Waals surface area contributed by atoms with Crippen molar-refractivity contribution >= 4 is 22.6 Å². The van der Waals surface area contributed by atoms with Gasteiger partial charge in [0.25, 0.3) is 0 Å². The van der Waals surface area contributed by atoms with Gasteiger partial charge >= 0.3 is 0 Å². The number of benzene rings is 1. The second-order valence-corrected chi connectivity index (χ2v) is 5.93. The number of ether oxygens (including phenoxy) is 2. The fraction of sp³-hybridized carbons (Fsp3) is 0.562. The summed E-state index contributed by atoms with van der Waals surface area (Å²) in [7, 11) is 3.29. The van der Waals surface area contributed by atoms with Gasteiger partial charge in [0.05, 0.1) is 31.1 Å². The van der Waals surface area contributed by atoms with E-state index in [1.54, 1.807) is 14.2 Å². The zero-order valence-corrected chi connectivity index (χ0v) is 13.5. The Morgan fingerprint density at radius 2 is 1.95 bits per heavy atom. The maximum Gasteiger partial charge on any atom is 0.163 e. The van der Waals surface area contributed by atoms with Crippen LogP contribution in [0.5, 0.6) is 11.5 Å². The molecule has 1 fully saturated rings. The van der Waals surface area contributed by atoms with Crippen LogP contribution in [0.2, 0.25) is 0 Å². The first kappa shape index (κ1) is 14.5. The van der Waals surface area contributed by atoms with Crippen molar-refractivity contribution in [3.05, 3.63) is 18.0 Å². The van der Waals surface area contributed by atoms with Crippen LogP contribution < -0.4 is 9.47 Å². The summed E-state index contributed by atoms with van der Waals surface area (Å²) in [6, 6.07) is 4.34. The summed E-state index contributed by atoms with van der Waals surface area (Å²) in [5.74, 6) is 3.48. The number of nitrogens with zero attached hydrogens (tertiary/aromatic N) is 2. The van der Waals surface area contributed by atoms with E-state index in [4.69, 9.17) is 21.1 Å². The molecule has 0 bridgehead atoms. The average molecular weight is 309 g/mol. The lowest BCUT2D eigenvalue weighted by atomic mass is 9.80. The van der Waals surface area contributed by atoms with Crippen LogP contribution in [0.25, 0.3) is 11.0 Å². The molecule has 1 atom stereocenters. The fourth-order valence-electron chi connectivity index (χ4n) is 3.15. The van der Waals surface area contributed by atoms with Gasteiger partial charge in [-0.25, -0.2) is 4.98 Å². The molecule has 1 aromatic carbocycles. The minimum absolute atomic E-state index is 0.413. The smallest absolute Gasteiger partial charge is 0.163 e. The van der Waals surface area contributed by atoms with Crippen LogP contribution >= 0.6 is 11.6 Å². The lowest BCUT2D eigenvalue weighted by molar-refractivity contribution is 0.223. The summed E-state index contributed by atoms with van der Waals surface area (Å²) in [6.45, 7) is 2.26.